The number of anilines is 1. The van der Waals surface area contributed by atoms with Crippen molar-refractivity contribution < 1.29 is 19.1 Å². The van der Waals surface area contributed by atoms with Crippen LogP contribution in [-0.2, 0) is 15.1 Å². The van der Waals surface area contributed by atoms with Crippen molar-refractivity contribution in [3.8, 4) is 11.6 Å². The van der Waals surface area contributed by atoms with Gasteiger partial charge < -0.3 is 32.6 Å². The van der Waals surface area contributed by atoms with Gasteiger partial charge in [0.2, 0.25) is 11.8 Å². The molecule has 2 unspecified atom stereocenters. The highest BCUT2D eigenvalue weighted by Crippen LogP contribution is 2.49. The molecular formula is C31H30N6O4S. The van der Waals surface area contributed by atoms with E-state index in [-0.39, 0.29) is 23.9 Å². The predicted molar refractivity (Wildman–Crippen MR) is 161 cm³/mol. The molecule has 11 heteroatoms. The maximum atomic E-state index is 14.0. The number of nitrogen functional groups attached to an aromatic ring is 1. The highest BCUT2D eigenvalue weighted by atomic mass is 32.1. The molecule has 2 aromatic heterocycles. The fourth-order valence-corrected chi connectivity index (χ4v) is 7.11. The Hall–Kier alpha value is -4.58. The van der Waals surface area contributed by atoms with Crippen molar-refractivity contribution in [3.63, 3.8) is 0 Å². The van der Waals surface area contributed by atoms with Crippen LogP contribution < -0.4 is 32.6 Å². The molecule has 8 N–H and O–H groups in total. The molecule has 1 saturated carbocycles. The first-order valence-electron chi connectivity index (χ1n) is 13.6. The summed E-state index contributed by atoms with van der Waals surface area (Å²) < 4.78 is 6.43. The second-order valence-corrected chi connectivity index (χ2v) is 11.6. The van der Waals surface area contributed by atoms with Crippen LogP contribution in [0, 0.1) is 0 Å². The van der Waals surface area contributed by atoms with E-state index in [0.29, 0.717) is 55.4 Å². The molecule has 0 bridgehead atoms. The van der Waals surface area contributed by atoms with Gasteiger partial charge in [0.05, 0.1) is 15.6 Å². The normalized spacial score (nSPS) is 23.0. The average molecular weight is 583 g/mol. The number of para-hydroxylation sites is 1. The zero-order chi connectivity index (χ0) is 29.6. The molecule has 0 saturated heterocycles. The van der Waals surface area contributed by atoms with Crippen molar-refractivity contribution in [2.24, 2.45) is 11.5 Å². The summed E-state index contributed by atoms with van der Waals surface area (Å²) in [6, 6.07) is 14.3. The Kier molecular flexibility index (Phi) is 7.01. The van der Waals surface area contributed by atoms with Crippen molar-refractivity contribution in [2.75, 3.05) is 5.73 Å². The van der Waals surface area contributed by atoms with Gasteiger partial charge in [0.15, 0.2) is 5.78 Å². The molecule has 2 aromatic carbocycles. The lowest BCUT2D eigenvalue weighted by Crippen LogP contribution is -2.53. The highest BCUT2D eigenvalue weighted by molar-refractivity contribution is 7.21. The van der Waals surface area contributed by atoms with Gasteiger partial charge in [-0.2, -0.15) is 0 Å². The van der Waals surface area contributed by atoms with E-state index in [1.807, 2.05) is 30.3 Å². The molecule has 2 aliphatic rings. The van der Waals surface area contributed by atoms with Crippen LogP contribution in [0.4, 0.5) is 5.69 Å². The number of nitrogens with two attached hydrogens (primary N) is 3. The van der Waals surface area contributed by atoms with Crippen LogP contribution >= 0.6 is 11.3 Å². The Morgan fingerprint density at radius 2 is 1.81 bits per heavy atom. The summed E-state index contributed by atoms with van der Waals surface area (Å²) in [5.41, 5.74) is 20.1. The molecule has 2 heterocycles. The lowest BCUT2D eigenvalue weighted by atomic mass is 9.71. The minimum Gasteiger partial charge on any atom is -0.439 e. The molecule has 4 atom stereocenters. The number of thiophene rings is 1. The van der Waals surface area contributed by atoms with Crippen molar-refractivity contribution in [2.45, 2.75) is 42.9 Å². The molecule has 214 valence electrons. The van der Waals surface area contributed by atoms with E-state index in [0.717, 1.165) is 12.8 Å². The standard InChI is InChI=1S/C31H30N6O4S/c1-2-22(38)36-20-9-6-10-21(20)37-30(40)28-25-24-18(12-13-19(32)27(24)42-28)31(34,29(39)26(25)33)16-11-14-23(35-15-16)41-17-7-4-3-5-8-17/h2-5,7-8,11-15,20-21,26H,1,6,9-10,32-34H2,(H,36,38)(H,37,40)/t20-,21+,26?,31?/m0/s1. The number of pyridine rings is 1. The van der Waals surface area contributed by atoms with Crippen LogP contribution in [0.5, 0.6) is 11.6 Å². The van der Waals surface area contributed by atoms with Crippen molar-refractivity contribution >= 4 is 44.7 Å². The summed E-state index contributed by atoms with van der Waals surface area (Å²) >= 11 is 1.18. The van der Waals surface area contributed by atoms with Crippen molar-refractivity contribution in [3.05, 3.63) is 95.0 Å². The number of nitrogens with one attached hydrogen (secondary N) is 2. The third kappa shape index (κ3) is 4.51. The van der Waals surface area contributed by atoms with E-state index >= 15 is 0 Å². The number of nitrogens with zero attached hydrogens (tertiary/aromatic N) is 1. The van der Waals surface area contributed by atoms with Crippen LogP contribution in [0.2, 0.25) is 0 Å². The number of carbonyl (C=O) groups is 3. The minimum absolute atomic E-state index is 0.223. The van der Waals surface area contributed by atoms with Gasteiger partial charge in [-0.3, -0.25) is 14.4 Å². The first-order chi connectivity index (χ1) is 20.2. The van der Waals surface area contributed by atoms with Crippen LogP contribution in [0.1, 0.15) is 51.7 Å². The molecule has 42 heavy (non-hydrogen) atoms. The second kappa shape index (κ2) is 10.7. The monoisotopic (exact) mass is 582 g/mol. The Balaban J connectivity index is 1.37. The molecular weight excluding hydrogens is 552 g/mol. The Morgan fingerprint density at radius 3 is 2.50 bits per heavy atom. The van der Waals surface area contributed by atoms with Crippen LogP contribution in [-0.4, -0.2) is 34.7 Å². The molecule has 4 aromatic rings. The lowest BCUT2D eigenvalue weighted by Gasteiger charge is -2.36. The lowest BCUT2D eigenvalue weighted by molar-refractivity contribution is -0.124. The molecule has 10 nitrogen and oxygen atoms in total. The van der Waals surface area contributed by atoms with Gasteiger partial charge in [0.25, 0.3) is 5.91 Å². The van der Waals surface area contributed by atoms with E-state index in [2.05, 4.69) is 22.2 Å². The average Bonchev–Trinajstić information content (AvgIpc) is 3.61. The number of aromatic nitrogens is 1. The van der Waals surface area contributed by atoms with Gasteiger partial charge in [-0.15, -0.1) is 11.3 Å². The zero-order valence-electron chi connectivity index (χ0n) is 22.6. The maximum Gasteiger partial charge on any atom is 0.262 e. The second-order valence-electron chi connectivity index (χ2n) is 10.5. The van der Waals surface area contributed by atoms with E-state index in [1.165, 1.54) is 23.6 Å². The first-order valence-corrected chi connectivity index (χ1v) is 14.4. The largest absolute Gasteiger partial charge is 0.439 e. The fraction of sp³-hybridized carbons (Fsp3) is 0.226. The van der Waals surface area contributed by atoms with Crippen LogP contribution in [0.3, 0.4) is 0 Å². The third-order valence-electron chi connectivity index (χ3n) is 8.02. The van der Waals surface area contributed by atoms with Gasteiger partial charge in [-0.05, 0) is 55.2 Å². The number of amides is 2. The smallest absolute Gasteiger partial charge is 0.262 e. The van der Waals surface area contributed by atoms with Crippen LogP contribution in [0.15, 0.2) is 73.4 Å². The Bertz CT molecular complexity index is 1720. The number of ketones is 1. The SMILES string of the molecule is C=CC(=O)N[C@H]1CCC[C@H]1NC(=O)c1sc2c(N)ccc3c2c1C(N)C(=O)C3(N)c1ccc(Oc2ccccc2)nc1. The maximum absolute atomic E-state index is 14.0. The number of carbonyl (C=O) groups excluding carboxylic acids is 3. The van der Waals surface area contributed by atoms with Gasteiger partial charge in [-0.25, -0.2) is 4.98 Å². The summed E-state index contributed by atoms with van der Waals surface area (Å²) in [5.74, 6) is -0.177. The van der Waals surface area contributed by atoms with E-state index in [9.17, 15) is 14.4 Å². The van der Waals surface area contributed by atoms with E-state index < -0.39 is 17.4 Å². The fourth-order valence-electron chi connectivity index (χ4n) is 5.91. The quantitative estimate of drug-likeness (QED) is 0.163. The van der Waals surface area contributed by atoms with Crippen molar-refractivity contribution in [1.82, 2.24) is 15.6 Å². The molecule has 0 aliphatic heterocycles. The van der Waals surface area contributed by atoms with Gasteiger partial charge >= 0.3 is 0 Å². The number of ether oxygens (including phenoxy) is 1. The van der Waals surface area contributed by atoms with Crippen LogP contribution in [0.25, 0.3) is 10.1 Å². The number of Topliss-reactive ketones (excluding diaryl/α,β-unsaturated/α-hetero) is 1. The van der Waals surface area contributed by atoms with Gasteiger partial charge in [0.1, 0.15) is 11.3 Å². The summed E-state index contributed by atoms with van der Waals surface area (Å²) in [6.45, 7) is 3.50. The number of hydrogen-bond acceptors (Lipinski definition) is 9. The molecule has 6 rings (SSSR count). The third-order valence-corrected chi connectivity index (χ3v) is 9.28. The summed E-state index contributed by atoms with van der Waals surface area (Å²) in [4.78, 5) is 44.3. The summed E-state index contributed by atoms with van der Waals surface area (Å²) in [5, 5.41) is 6.53. The van der Waals surface area contributed by atoms with Gasteiger partial charge in [0, 0.05) is 46.5 Å². The van der Waals surface area contributed by atoms with Gasteiger partial charge in [-0.1, -0.05) is 30.8 Å². The number of benzene rings is 2. The highest BCUT2D eigenvalue weighted by Gasteiger charge is 2.49. The summed E-state index contributed by atoms with van der Waals surface area (Å²) in [6.07, 6.45) is 5.00. The Labute approximate surface area is 245 Å². The first kappa shape index (κ1) is 27.6. The topological polar surface area (TPSA) is 175 Å². The number of rotatable bonds is 7. The predicted octanol–water partition coefficient (Wildman–Crippen LogP) is 3.41. The molecule has 0 radical (unpaired) electrons. The van der Waals surface area contributed by atoms with Crippen molar-refractivity contribution in [1.29, 1.82) is 0 Å². The molecule has 1 fully saturated rings. The number of hydrogen-bond donors (Lipinski definition) is 5. The minimum atomic E-state index is -1.63. The summed E-state index contributed by atoms with van der Waals surface area (Å²) in [7, 11) is 0. The zero-order valence-corrected chi connectivity index (χ0v) is 23.4. The Morgan fingerprint density at radius 1 is 1.07 bits per heavy atom. The molecule has 2 aliphatic carbocycles. The molecule has 0 spiro atoms. The van der Waals surface area contributed by atoms with E-state index in [1.54, 1.807) is 24.3 Å². The molecule has 2 amide bonds. The van der Waals surface area contributed by atoms with E-state index in [4.69, 9.17) is 21.9 Å².